The molecule has 0 spiro atoms. The van der Waals surface area contributed by atoms with Gasteiger partial charge in [0.2, 0.25) is 10.0 Å². The molecule has 2 aromatic carbocycles. The highest BCUT2D eigenvalue weighted by Crippen LogP contribution is 2.38. The molecule has 1 aliphatic heterocycles. The molecule has 1 fully saturated rings. The number of anilines is 1. The van der Waals surface area contributed by atoms with Crippen molar-refractivity contribution in [1.82, 2.24) is 14.5 Å². The molecule has 182 valence electrons. The average molecular weight is 540 g/mol. The highest BCUT2D eigenvalue weighted by molar-refractivity contribution is 7.89. The largest absolute Gasteiger partial charge is 0.378 e. The van der Waals surface area contributed by atoms with Crippen molar-refractivity contribution in [3.8, 4) is 0 Å². The molecule has 0 aliphatic carbocycles. The van der Waals surface area contributed by atoms with Crippen LogP contribution in [0.25, 0.3) is 0 Å². The molecule has 1 unspecified atom stereocenters. The van der Waals surface area contributed by atoms with E-state index in [1.54, 1.807) is 0 Å². The topological polar surface area (TPSA) is 66.4 Å². The predicted molar refractivity (Wildman–Crippen MR) is 140 cm³/mol. The van der Waals surface area contributed by atoms with E-state index < -0.39 is 10.0 Å². The summed E-state index contributed by atoms with van der Waals surface area (Å²) in [6.45, 7) is 0.453. The molecule has 2 heterocycles. The Morgan fingerprint density at radius 3 is 2.47 bits per heavy atom. The first-order valence-electron chi connectivity index (χ1n) is 11.3. The Hall–Kier alpha value is -1.71. The summed E-state index contributed by atoms with van der Waals surface area (Å²) in [5.41, 5.74) is 2.53. The fourth-order valence-corrected chi connectivity index (χ4v) is 7.26. The van der Waals surface area contributed by atoms with Crippen molar-refractivity contribution >= 4 is 50.2 Å². The molecular weight excluding hydrogens is 511 g/mol. The van der Waals surface area contributed by atoms with Crippen LogP contribution in [0.1, 0.15) is 47.3 Å². The van der Waals surface area contributed by atoms with Gasteiger partial charge in [-0.25, -0.2) is 8.42 Å². The summed E-state index contributed by atoms with van der Waals surface area (Å²) in [4.78, 5) is 2.25. The number of rotatable bonds is 9. The van der Waals surface area contributed by atoms with E-state index in [9.17, 15) is 8.42 Å². The lowest BCUT2D eigenvalue weighted by molar-refractivity contribution is 0.394. The molecule has 0 radical (unpaired) electrons. The Labute approximate surface area is 215 Å². The van der Waals surface area contributed by atoms with Gasteiger partial charge in [0.05, 0.1) is 21.0 Å². The highest BCUT2D eigenvalue weighted by atomic mass is 35.5. The van der Waals surface area contributed by atoms with Crippen LogP contribution >= 0.6 is 34.5 Å². The number of hydrogen-bond donors (Lipinski definition) is 0. The molecule has 0 N–H and O–H groups in total. The Bertz CT molecular complexity index is 1230. The first-order valence-corrected chi connectivity index (χ1v) is 14.3. The normalized spacial score (nSPS) is 16.8. The molecule has 34 heavy (non-hydrogen) atoms. The fourth-order valence-electron chi connectivity index (χ4n) is 4.12. The lowest BCUT2D eigenvalue weighted by Gasteiger charge is -2.22. The van der Waals surface area contributed by atoms with Crippen LogP contribution in [0, 0.1) is 0 Å². The smallest absolute Gasteiger partial charge is 0.243 e. The van der Waals surface area contributed by atoms with Crippen LogP contribution in [0.5, 0.6) is 0 Å². The summed E-state index contributed by atoms with van der Waals surface area (Å²) in [7, 11) is 0.381. The lowest BCUT2D eigenvalue weighted by atomic mass is 10.1. The number of nitrogens with zero attached hydrogens (tertiary/aromatic N) is 4. The molecule has 0 bridgehead atoms. The van der Waals surface area contributed by atoms with Crippen LogP contribution in [0.15, 0.2) is 47.4 Å². The van der Waals surface area contributed by atoms with Gasteiger partial charge in [-0.3, -0.25) is 0 Å². The minimum absolute atomic E-state index is 0.150. The van der Waals surface area contributed by atoms with E-state index in [4.69, 9.17) is 23.2 Å². The monoisotopic (exact) mass is 538 g/mol. The van der Waals surface area contributed by atoms with Crippen molar-refractivity contribution in [2.75, 3.05) is 25.5 Å². The van der Waals surface area contributed by atoms with Gasteiger partial charge in [-0.2, -0.15) is 4.31 Å². The summed E-state index contributed by atoms with van der Waals surface area (Å²) in [6.07, 6.45) is 5.47. The second-order valence-corrected chi connectivity index (χ2v) is 12.5. The first kappa shape index (κ1) is 25.4. The first-order chi connectivity index (χ1) is 16.3. The van der Waals surface area contributed by atoms with E-state index in [1.807, 2.05) is 14.1 Å². The second kappa shape index (κ2) is 10.9. The van der Waals surface area contributed by atoms with Gasteiger partial charge in [-0.1, -0.05) is 46.7 Å². The van der Waals surface area contributed by atoms with E-state index in [2.05, 4.69) is 39.4 Å². The van der Waals surface area contributed by atoms with Crippen LogP contribution < -0.4 is 4.90 Å². The van der Waals surface area contributed by atoms with E-state index in [1.165, 1.54) is 45.1 Å². The molecule has 1 saturated heterocycles. The van der Waals surface area contributed by atoms with Crippen molar-refractivity contribution in [3.63, 3.8) is 0 Å². The molecule has 6 nitrogen and oxygen atoms in total. The molecule has 10 heteroatoms. The predicted octanol–water partition coefficient (Wildman–Crippen LogP) is 6.00. The third kappa shape index (κ3) is 5.74. The molecular formula is C24H28Cl2N4O2S2. The number of sulfonamides is 1. The van der Waals surface area contributed by atoms with Crippen molar-refractivity contribution in [2.24, 2.45) is 0 Å². The van der Waals surface area contributed by atoms with Gasteiger partial charge in [0.25, 0.3) is 0 Å². The van der Waals surface area contributed by atoms with Crippen LogP contribution in [-0.2, 0) is 22.9 Å². The lowest BCUT2D eigenvalue weighted by Crippen LogP contribution is -2.30. The van der Waals surface area contributed by atoms with Gasteiger partial charge in [0.1, 0.15) is 10.0 Å². The molecule has 4 rings (SSSR count). The molecule has 0 amide bonds. The van der Waals surface area contributed by atoms with E-state index in [-0.39, 0.29) is 16.0 Å². The Balaban J connectivity index is 1.35. The zero-order chi connectivity index (χ0) is 24.3. The van der Waals surface area contributed by atoms with Gasteiger partial charge in [0, 0.05) is 32.7 Å². The van der Waals surface area contributed by atoms with Crippen LogP contribution in [0.3, 0.4) is 0 Å². The zero-order valence-electron chi connectivity index (χ0n) is 19.2. The molecule has 3 aromatic rings. The summed E-state index contributed by atoms with van der Waals surface area (Å²) in [6, 6.07) is 12.8. The Morgan fingerprint density at radius 2 is 1.76 bits per heavy atom. The number of aryl methyl sites for hydroxylation is 2. The molecule has 1 aromatic heterocycles. The summed E-state index contributed by atoms with van der Waals surface area (Å²) >= 11 is 13.5. The minimum Gasteiger partial charge on any atom is -0.378 e. The van der Waals surface area contributed by atoms with Crippen LogP contribution in [0.4, 0.5) is 5.69 Å². The number of aromatic nitrogens is 2. The Morgan fingerprint density at radius 1 is 1.03 bits per heavy atom. The standard InChI is InChI=1S/C24H28Cl2N4O2S2/c1-29(2)18-11-9-17(10-12-18)6-3-4-8-23-27-28-24(33-23)22-7-5-15-30(22)34(31,32)19-13-14-20(25)21(26)16-19/h9-14,16,22H,3-8,15H2,1-2H3. The van der Waals surface area contributed by atoms with Gasteiger partial charge >= 0.3 is 0 Å². The molecule has 0 saturated carbocycles. The SMILES string of the molecule is CN(C)c1ccc(CCCCc2nnc(C3CCCN3S(=O)(=O)c3ccc(Cl)c(Cl)c3)s2)cc1. The summed E-state index contributed by atoms with van der Waals surface area (Å²) in [5, 5.41) is 11.0. The third-order valence-corrected chi connectivity index (χ3v) is 9.76. The van der Waals surface area contributed by atoms with Gasteiger partial charge in [-0.05, 0) is 68.0 Å². The van der Waals surface area contributed by atoms with E-state index in [0.29, 0.717) is 11.6 Å². The van der Waals surface area contributed by atoms with E-state index >= 15 is 0 Å². The maximum atomic E-state index is 13.3. The minimum atomic E-state index is -3.70. The maximum absolute atomic E-state index is 13.3. The van der Waals surface area contributed by atoms with Crippen molar-refractivity contribution in [3.05, 3.63) is 68.1 Å². The number of benzene rings is 2. The Kier molecular flexibility index (Phi) is 8.15. The quantitative estimate of drug-likeness (QED) is 0.312. The van der Waals surface area contributed by atoms with Crippen molar-refractivity contribution in [2.45, 2.75) is 49.5 Å². The molecule has 1 aliphatic rings. The van der Waals surface area contributed by atoms with Crippen molar-refractivity contribution < 1.29 is 8.42 Å². The molecule has 1 atom stereocenters. The number of halogens is 2. The maximum Gasteiger partial charge on any atom is 0.243 e. The second-order valence-electron chi connectivity index (χ2n) is 8.65. The third-order valence-electron chi connectivity index (χ3n) is 6.03. The zero-order valence-corrected chi connectivity index (χ0v) is 22.4. The van der Waals surface area contributed by atoms with Gasteiger partial charge < -0.3 is 4.90 Å². The average Bonchev–Trinajstić information content (AvgIpc) is 3.48. The summed E-state index contributed by atoms with van der Waals surface area (Å²) in [5.74, 6) is 0. The van der Waals surface area contributed by atoms with E-state index in [0.717, 1.165) is 48.5 Å². The number of hydrogen-bond acceptors (Lipinski definition) is 6. The van der Waals surface area contributed by atoms with Gasteiger partial charge in [-0.15, -0.1) is 10.2 Å². The van der Waals surface area contributed by atoms with Crippen LogP contribution in [-0.4, -0.2) is 43.6 Å². The highest BCUT2D eigenvalue weighted by Gasteiger charge is 2.38. The van der Waals surface area contributed by atoms with Gasteiger partial charge in [0.15, 0.2) is 0 Å². The van der Waals surface area contributed by atoms with Crippen LogP contribution in [0.2, 0.25) is 10.0 Å². The van der Waals surface area contributed by atoms with Crippen molar-refractivity contribution in [1.29, 1.82) is 0 Å². The summed E-state index contributed by atoms with van der Waals surface area (Å²) < 4.78 is 28.1. The number of unbranched alkanes of at least 4 members (excludes halogenated alkanes) is 1. The fraction of sp³-hybridized carbons (Fsp3) is 0.417.